The standard InChI is InChI=1S/C13H18Cl2N2O2S/c14-11-5-6-12(13(15)10(11)9-16)20(18,19)17-7-3-1-2-4-8-17/h5-6H,1-4,7-9,16H2. The van der Waals surface area contributed by atoms with Crippen molar-refractivity contribution < 1.29 is 8.42 Å². The summed E-state index contributed by atoms with van der Waals surface area (Å²) in [6, 6.07) is 3.00. The first-order chi connectivity index (χ1) is 9.48. The van der Waals surface area contributed by atoms with Gasteiger partial charge in [-0.2, -0.15) is 4.31 Å². The first-order valence-corrected chi connectivity index (χ1v) is 8.85. The average molecular weight is 337 g/mol. The van der Waals surface area contributed by atoms with E-state index in [0.717, 1.165) is 25.7 Å². The molecule has 0 spiro atoms. The van der Waals surface area contributed by atoms with Gasteiger partial charge in [0.05, 0.1) is 5.02 Å². The van der Waals surface area contributed by atoms with E-state index in [9.17, 15) is 8.42 Å². The molecule has 1 aromatic rings. The third-order valence-corrected chi connectivity index (χ3v) is 6.38. The van der Waals surface area contributed by atoms with E-state index < -0.39 is 10.0 Å². The Bertz CT molecular complexity index is 582. The van der Waals surface area contributed by atoms with Gasteiger partial charge < -0.3 is 5.73 Å². The van der Waals surface area contributed by atoms with Crippen LogP contribution in [0.3, 0.4) is 0 Å². The molecule has 1 heterocycles. The van der Waals surface area contributed by atoms with Crippen molar-refractivity contribution in [2.24, 2.45) is 5.73 Å². The SMILES string of the molecule is NCc1c(Cl)ccc(S(=O)(=O)N2CCCCCC2)c1Cl. The predicted molar refractivity (Wildman–Crippen MR) is 81.6 cm³/mol. The molecule has 4 nitrogen and oxygen atoms in total. The highest BCUT2D eigenvalue weighted by Crippen LogP contribution is 2.33. The molecule has 1 aliphatic rings. The summed E-state index contributed by atoms with van der Waals surface area (Å²) in [6.45, 7) is 1.19. The van der Waals surface area contributed by atoms with Gasteiger partial charge in [-0.15, -0.1) is 0 Å². The van der Waals surface area contributed by atoms with Crippen molar-refractivity contribution in [2.45, 2.75) is 37.1 Å². The summed E-state index contributed by atoms with van der Waals surface area (Å²) in [6.07, 6.45) is 3.89. The highest BCUT2D eigenvalue weighted by molar-refractivity contribution is 7.89. The molecule has 20 heavy (non-hydrogen) atoms. The van der Waals surface area contributed by atoms with Crippen LogP contribution in [0.25, 0.3) is 0 Å². The molecular formula is C13H18Cl2N2O2S. The number of nitrogens with two attached hydrogens (primary N) is 1. The number of hydrogen-bond donors (Lipinski definition) is 1. The number of rotatable bonds is 3. The Balaban J connectivity index is 2.43. The van der Waals surface area contributed by atoms with Crippen molar-refractivity contribution in [1.82, 2.24) is 4.31 Å². The Morgan fingerprint density at radius 3 is 2.25 bits per heavy atom. The highest BCUT2D eigenvalue weighted by atomic mass is 35.5. The maximum Gasteiger partial charge on any atom is 0.244 e. The molecule has 1 aromatic carbocycles. The Kier molecular flexibility index (Phi) is 5.31. The van der Waals surface area contributed by atoms with Crippen molar-refractivity contribution in [1.29, 1.82) is 0 Å². The fourth-order valence-corrected chi connectivity index (χ4v) is 4.81. The summed E-state index contributed by atoms with van der Waals surface area (Å²) in [7, 11) is -3.58. The lowest BCUT2D eigenvalue weighted by Gasteiger charge is -2.21. The molecule has 7 heteroatoms. The van der Waals surface area contributed by atoms with Gasteiger partial charge in [0.25, 0.3) is 0 Å². The van der Waals surface area contributed by atoms with Gasteiger partial charge in [-0.1, -0.05) is 36.0 Å². The van der Waals surface area contributed by atoms with Crippen molar-refractivity contribution >= 4 is 33.2 Å². The second-order valence-electron chi connectivity index (χ2n) is 4.86. The van der Waals surface area contributed by atoms with Crippen LogP contribution in [-0.2, 0) is 16.6 Å². The van der Waals surface area contributed by atoms with Gasteiger partial charge in [0, 0.05) is 30.2 Å². The number of sulfonamides is 1. The smallest absolute Gasteiger partial charge is 0.244 e. The van der Waals surface area contributed by atoms with Gasteiger partial charge in [0.1, 0.15) is 4.90 Å². The third-order valence-electron chi connectivity index (χ3n) is 3.54. The number of hydrogen-bond acceptors (Lipinski definition) is 3. The monoisotopic (exact) mass is 336 g/mol. The molecule has 0 bridgehead atoms. The molecule has 0 unspecified atom stereocenters. The molecule has 0 amide bonds. The minimum atomic E-state index is -3.58. The topological polar surface area (TPSA) is 63.4 Å². The van der Waals surface area contributed by atoms with Crippen LogP contribution in [0.1, 0.15) is 31.2 Å². The van der Waals surface area contributed by atoms with Crippen LogP contribution >= 0.6 is 23.2 Å². The maximum absolute atomic E-state index is 12.7. The van der Waals surface area contributed by atoms with Crippen molar-refractivity contribution in [3.63, 3.8) is 0 Å². The molecule has 0 aliphatic carbocycles. The van der Waals surface area contributed by atoms with E-state index in [1.54, 1.807) is 6.07 Å². The summed E-state index contributed by atoms with van der Waals surface area (Å²) in [5.74, 6) is 0. The maximum atomic E-state index is 12.7. The van der Waals surface area contributed by atoms with E-state index in [-0.39, 0.29) is 16.5 Å². The van der Waals surface area contributed by atoms with E-state index >= 15 is 0 Å². The third kappa shape index (κ3) is 3.12. The zero-order chi connectivity index (χ0) is 14.8. The molecule has 0 atom stereocenters. The quantitative estimate of drug-likeness (QED) is 0.922. The summed E-state index contributed by atoms with van der Waals surface area (Å²) >= 11 is 12.2. The largest absolute Gasteiger partial charge is 0.326 e. The zero-order valence-corrected chi connectivity index (χ0v) is 13.4. The van der Waals surface area contributed by atoms with Crippen LogP contribution in [0.4, 0.5) is 0 Å². The molecule has 0 radical (unpaired) electrons. The lowest BCUT2D eigenvalue weighted by molar-refractivity contribution is 0.423. The summed E-state index contributed by atoms with van der Waals surface area (Å²) < 4.78 is 26.9. The molecule has 0 saturated carbocycles. The zero-order valence-electron chi connectivity index (χ0n) is 11.1. The molecule has 1 aliphatic heterocycles. The highest BCUT2D eigenvalue weighted by Gasteiger charge is 2.28. The van der Waals surface area contributed by atoms with Crippen molar-refractivity contribution in [2.75, 3.05) is 13.1 Å². The molecule has 0 aromatic heterocycles. The predicted octanol–water partition coefficient (Wildman–Crippen LogP) is 3.02. The van der Waals surface area contributed by atoms with Crippen molar-refractivity contribution in [3.8, 4) is 0 Å². The van der Waals surface area contributed by atoms with E-state index in [2.05, 4.69) is 0 Å². The number of benzene rings is 1. The summed E-state index contributed by atoms with van der Waals surface area (Å²) in [4.78, 5) is 0.103. The Morgan fingerprint density at radius 1 is 1.10 bits per heavy atom. The molecule has 1 fully saturated rings. The van der Waals surface area contributed by atoms with Gasteiger partial charge in [-0.05, 0) is 25.0 Å². The Morgan fingerprint density at radius 2 is 1.70 bits per heavy atom. The minimum absolute atomic E-state index is 0.103. The number of halogens is 2. The van der Waals surface area contributed by atoms with Crippen LogP contribution in [0, 0.1) is 0 Å². The van der Waals surface area contributed by atoms with E-state index in [1.165, 1.54) is 10.4 Å². The molecule has 2 N–H and O–H groups in total. The fraction of sp³-hybridized carbons (Fsp3) is 0.538. The summed E-state index contributed by atoms with van der Waals surface area (Å²) in [5, 5.41) is 0.538. The lowest BCUT2D eigenvalue weighted by atomic mass is 10.2. The molecule has 2 rings (SSSR count). The van der Waals surface area contributed by atoms with Crippen LogP contribution in [-0.4, -0.2) is 25.8 Å². The van der Waals surface area contributed by atoms with Gasteiger partial charge in [0.2, 0.25) is 10.0 Å². The molecule has 1 saturated heterocycles. The Hall–Kier alpha value is -0.330. The second kappa shape index (κ2) is 6.62. The molecule has 112 valence electrons. The van der Waals surface area contributed by atoms with E-state index in [0.29, 0.717) is 23.7 Å². The van der Waals surface area contributed by atoms with Crippen LogP contribution < -0.4 is 5.73 Å². The lowest BCUT2D eigenvalue weighted by Crippen LogP contribution is -2.32. The van der Waals surface area contributed by atoms with E-state index in [1.807, 2.05) is 0 Å². The van der Waals surface area contributed by atoms with Gasteiger partial charge >= 0.3 is 0 Å². The minimum Gasteiger partial charge on any atom is -0.326 e. The first kappa shape index (κ1) is 16.0. The Labute approximate surface area is 129 Å². The normalized spacial score (nSPS) is 17.9. The second-order valence-corrected chi connectivity index (χ2v) is 7.55. The fourth-order valence-electron chi connectivity index (χ4n) is 2.38. The summed E-state index contributed by atoms with van der Waals surface area (Å²) in [5.41, 5.74) is 6.07. The van der Waals surface area contributed by atoms with Crippen molar-refractivity contribution in [3.05, 3.63) is 27.7 Å². The van der Waals surface area contributed by atoms with E-state index in [4.69, 9.17) is 28.9 Å². The number of nitrogens with zero attached hydrogens (tertiary/aromatic N) is 1. The van der Waals surface area contributed by atoms with Gasteiger partial charge in [0.15, 0.2) is 0 Å². The van der Waals surface area contributed by atoms with Gasteiger partial charge in [-0.25, -0.2) is 8.42 Å². The first-order valence-electron chi connectivity index (χ1n) is 6.65. The average Bonchev–Trinajstić information content (AvgIpc) is 2.68. The van der Waals surface area contributed by atoms with Crippen LogP contribution in [0.5, 0.6) is 0 Å². The van der Waals surface area contributed by atoms with Crippen LogP contribution in [0.15, 0.2) is 17.0 Å². The van der Waals surface area contributed by atoms with Crippen LogP contribution in [0.2, 0.25) is 10.0 Å². The molecular weight excluding hydrogens is 319 g/mol. The van der Waals surface area contributed by atoms with Gasteiger partial charge in [-0.3, -0.25) is 0 Å².